The van der Waals surface area contributed by atoms with Crippen molar-refractivity contribution in [2.45, 2.75) is 45.2 Å². The summed E-state index contributed by atoms with van der Waals surface area (Å²) in [7, 11) is 0. The number of aromatic nitrogens is 2. The van der Waals surface area contributed by atoms with Gasteiger partial charge in [0.05, 0.1) is 0 Å². The molecule has 2 heterocycles. The Morgan fingerprint density at radius 1 is 1.03 bits per heavy atom. The van der Waals surface area contributed by atoms with Gasteiger partial charge in [-0.25, -0.2) is 0 Å². The molecule has 1 fully saturated rings. The maximum atomic E-state index is 12.8. The molecule has 4 rings (SSSR count). The Hall–Kier alpha value is -3.49. The molecule has 0 N–H and O–H groups in total. The molecule has 6 nitrogen and oxygen atoms in total. The van der Waals surface area contributed by atoms with Crippen LogP contribution in [0.15, 0.2) is 60.7 Å². The fourth-order valence-electron chi connectivity index (χ4n) is 3.81. The van der Waals surface area contributed by atoms with Gasteiger partial charge < -0.3 is 14.4 Å². The summed E-state index contributed by atoms with van der Waals surface area (Å²) in [6.45, 7) is 2.75. The van der Waals surface area contributed by atoms with E-state index in [0.29, 0.717) is 38.2 Å². The van der Waals surface area contributed by atoms with Crippen molar-refractivity contribution < 1.29 is 27.4 Å². The van der Waals surface area contributed by atoms with Crippen molar-refractivity contribution in [3.63, 3.8) is 0 Å². The number of carbonyl (C=O) groups excluding carboxylic acids is 1. The van der Waals surface area contributed by atoms with Gasteiger partial charge >= 0.3 is 6.18 Å². The van der Waals surface area contributed by atoms with Crippen LogP contribution in [0.5, 0.6) is 11.5 Å². The molecule has 9 heteroatoms. The molecule has 0 spiro atoms. The molecule has 1 saturated heterocycles. The van der Waals surface area contributed by atoms with Gasteiger partial charge in [-0.2, -0.15) is 18.3 Å². The van der Waals surface area contributed by atoms with Crippen molar-refractivity contribution in [2.24, 2.45) is 0 Å². The molecule has 1 aliphatic rings. The second-order valence-electron chi connectivity index (χ2n) is 8.27. The lowest BCUT2D eigenvalue weighted by atomic mass is 10.1. The van der Waals surface area contributed by atoms with E-state index in [-0.39, 0.29) is 18.6 Å². The minimum Gasteiger partial charge on any atom is -0.490 e. The third-order valence-electron chi connectivity index (χ3n) is 5.73. The zero-order chi connectivity index (χ0) is 24.1. The van der Waals surface area contributed by atoms with E-state index in [1.807, 2.05) is 54.6 Å². The molecule has 0 atom stereocenters. The van der Waals surface area contributed by atoms with Crippen molar-refractivity contribution >= 4 is 5.91 Å². The number of ether oxygens (including phenoxy) is 2. The molecule has 0 saturated carbocycles. The van der Waals surface area contributed by atoms with Gasteiger partial charge in [0, 0.05) is 31.6 Å². The highest BCUT2D eigenvalue weighted by atomic mass is 19.4. The zero-order valence-corrected chi connectivity index (χ0v) is 18.8. The standard InChI is InChI=1S/C25H26F3N3O3/c1-18-15-23(25(26,27)28)29-31(18)16-24(32)30-13-11-22(12-14-30)34-21-9-7-20(8-10-21)33-17-19-5-3-2-4-6-19/h2-10,15,22H,11-14,16-17H2,1H3. The van der Waals surface area contributed by atoms with Gasteiger partial charge in [-0.3, -0.25) is 9.48 Å². The third-order valence-corrected chi connectivity index (χ3v) is 5.73. The summed E-state index contributed by atoms with van der Waals surface area (Å²) in [4.78, 5) is 14.2. The van der Waals surface area contributed by atoms with Crippen LogP contribution < -0.4 is 9.47 Å². The summed E-state index contributed by atoms with van der Waals surface area (Å²) >= 11 is 0. The number of rotatable bonds is 7. The van der Waals surface area contributed by atoms with E-state index < -0.39 is 11.9 Å². The van der Waals surface area contributed by atoms with Crippen LogP contribution in [0.2, 0.25) is 0 Å². The number of halogens is 3. The van der Waals surface area contributed by atoms with Gasteiger partial charge in [-0.05, 0) is 42.8 Å². The number of likely N-dealkylation sites (tertiary alicyclic amines) is 1. The van der Waals surface area contributed by atoms with Gasteiger partial charge in [0.15, 0.2) is 5.69 Å². The van der Waals surface area contributed by atoms with E-state index in [9.17, 15) is 18.0 Å². The fraction of sp³-hybridized carbons (Fsp3) is 0.360. The van der Waals surface area contributed by atoms with Gasteiger partial charge in [0.2, 0.25) is 5.91 Å². The molecule has 0 unspecified atom stereocenters. The Morgan fingerprint density at radius 2 is 1.68 bits per heavy atom. The van der Waals surface area contributed by atoms with Crippen LogP contribution in [0, 0.1) is 6.92 Å². The minimum absolute atomic E-state index is 0.0385. The number of benzene rings is 2. The molecule has 1 amide bonds. The summed E-state index contributed by atoms with van der Waals surface area (Å²) in [6.07, 6.45) is -3.28. The van der Waals surface area contributed by atoms with Crippen LogP contribution in [0.3, 0.4) is 0 Å². The molecule has 34 heavy (non-hydrogen) atoms. The van der Waals surface area contributed by atoms with E-state index >= 15 is 0 Å². The Morgan fingerprint density at radius 3 is 2.29 bits per heavy atom. The number of hydrogen-bond acceptors (Lipinski definition) is 4. The number of aryl methyl sites for hydroxylation is 1. The maximum Gasteiger partial charge on any atom is 0.435 e. The number of hydrogen-bond donors (Lipinski definition) is 0. The Kier molecular flexibility index (Phi) is 7.09. The first-order chi connectivity index (χ1) is 16.3. The maximum absolute atomic E-state index is 12.8. The van der Waals surface area contributed by atoms with Crippen molar-refractivity contribution in [3.05, 3.63) is 77.6 Å². The number of alkyl halides is 3. The molecule has 1 aliphatic heterocycles. The highest BCUT2D eigenvalue weighted by Gasteiger charge is 2.35. The molecular weight excluding hydrogens is 447 g/mol. The number of amides is 1. The molecular formula is C25H26F3N3O3. The highest BCUT2D eigenvalue weighted by Crippen LogP contribution is 2.28. The summed E-state index contributed by atoms with van der Waals surface area (Å²) in [5, 5.41) is 3.53. The zero-order valence-electron chi connectivity index (χ0n) is 18.8. The SMILES string of the molecule is Cc1cc(C(F)(F)F)nn1CC(=O)N1CCC(Oc2ccc(OCc3ccccc3)cc2)CC1. The monoisotopic (exact) mass is 473 g/mol. The van der Waals surface area contributed by atoms with Crippen molar-refractivity contribution in [3.8, 4) is 11.5 Å². The van der Waals surface area contributed by atoms with Crippen LogP contribution in [-0.2, 0) is 24.1 Å². The fourth-order valence-corrected chi connectivity index (χ4v) is 3.81. The third kappa shape index (κ3) is 6.09. The smallest absolute Gasteiger partial charge is 0.435 e. The van der Waals surface area contributed by atoms with Crippen LogP contribution in [0.4, 0.5) is 13.2 Å². The largest absolute Gasteiger partial charge is 0.490 e. The summed E-state index contributed by atoms with van der Waals surface area (Å²) in [5.41, 5.74) is 0.407. The normalized spacial score (nSPS) is 14.8. The van der Waals surface area contributed by atoms with E-state index in [2.05, 4.69) is 5.10 Å². The van der Waals surface area contributed by atoms with Gasteiger partial charge in [0.25, 0.3) is 0 Å². The average molecular weight is 473 g/mol. The topological polar surface area (TPSA) is 56.6 Å². The van der Waals surface area contributed by atoms with Crippen molar-refractivity contribution in [2.75, 3.05) is 13.1 Å². The highest BCUT2D eigenvalue weighted by molar-refractivity contribution is 5.76. The van der Waals surface area contributed by atoms with E-state index in [4.69, 9.17) is 9.47 Å². The second-order valence-corrected chi connectivity index (χ2v) is 8.27. The van der Waals surface area contributed by atoms with Crippen LogP contribution in [0.25, 0.3) is 0 Å². The van der Waals surface area contributed by atoms with Gasteiger partial charge in [-0.15, -0.1) is 0 Å². The quantitative estimate of drug-likeness (QED) is 0.492. The van der Waals surface area contributed by atoms with Gasteiger partial charge in [0.1, 0.15) is 30.8 Å². The first-order valence-corrected chi connectivity index (χ1v) is 11.1. The first kappa shape index (κ1) is 23.7. The first-order valence-electron chi connectivity index (χ1n) is 11.1. The van der Waals surface area contributed by atoms with Gasteiger partial charge in [-0.1, -0.05) is 30.3 Å². The lowest BCUT2D eigenvalue weighted by Gasteiger charge is -2.32. The number of piperidine rings is 1. The predicted molar refractivity (Wildman–Crippen MR) is 119 cm³/mol. The Labute approximate surface area is 195 Å². The van der Waals surface area contributed by atoms with Crippen molar-refractivity contribution in [1.82, 2.24) is 14.7 Å². The molecule has 2 aromatic carbocycles. The molecule has 0 aliphatic carbocycles. The number of nitrogens with zero attached hydrogens (tertiary/aromatic N) is 3. The van der Waals surface area contributed by atoms with Crippen LogP contribution in [-0.4, -0.2) is 39.8 Å². The molecule has 1 aromatic heterocycles. The van der Waals surface area contributed by atoms with Crippen LogP contribution in [0.1, 0.15) is 29.8 Å². The lowest BCUT2D eigenvalue weighted by Crippen LogP contribution is -2.43. The van der Waals surface area contributed by atoms with Crippen LogP contribution >= 0.6 is 0 Å². The Balaban J connectivity index is 1.23. The minimum atomic E-state index is -4.53. The number of carbonyl (C=O) groups is 1. The van der Waals surface area contributed by atoms with E-state index in [0.717, 1.165) is 27.8 Å². The van der Waals surface area contributed by atoms with Crippen molar-refractivity contribution in [1.29, 1.82) is 0 Å². The molecule has 0 bridgehead atoms. The summed E-state index contributed by atoms with van der Waals surface area (Å²) < 4.78 is 51.4. The van der Waals surface area contributed by atoms with E-state index in [1.165, 1.54) is 6.92 Å². The van der Waals surface area contributed by atoms with E-state index in [1.54, 1.807) is 4.90 Å². The molecule has 180 valence electrons. The second kappa shape index (κ2) is 10.2. The summed E-state index contributed by atoms with van der Waals surface area (Å²) in [5.74, 6) is 1.22. The lowest BCUT2D eigenvalue weighted by molar-refractivity contribution is -0.142. The average Bonchev–Trinajstić information content (AvgIpc) is 3.20. The Bertz CT molecular complexity index is 1090. The molecule has 3 aromatic rings. The summed E-state index contributed by atoms with van der Waals surface area (Å²) in [6, 6.07) is 18.3. The predicted octanol–water partition coefficient (Wildman–Crippen LogP) is 4.86. The molecule has 0 radical (unpaired) electrons.